The Morgan fingerprint density at radius 1 is 1.30 bits per heavy atom. The van der Waals surface area contributed by atoms with Crippen LogP contribution in [0.5, 0.6) is 0 Å². The predicted octanol–water partition coefficient (Wildman–Crippen LogP) is 0.987. The fourth-order valence-electron chi connectivity index (χ4n) is 1.81. The van der Waals surface area contributed by atoms with Crippen LogP contribution in [0, 0.1) is 5.92 Å². The highest BCUT2D eigenvalue weighted by Crippen LogP contribution is 2.16. The number of rotatable bonds is 5. The van der Waals surface area contributed by atoms with Crippen molar-refractivity contribution in [3.8, 4) is 0 Å². The van der Waals surface area contributed by atoms with Crippen molar-refractivity contribution >= 4 is 21.9 Å². The maximum Gasteiger partial charge on any atom is 0.410 e. The summed E-state index contributed by atoms with van der Waals surface area (Å²) >= 11 is 0. The van der Waals surface area contributed by atoms with Gasteiger partial charge in [0.15, 0.2) is 0 Å². The number of hydrogen-bond donors (Lipinski definition) is 1. The van der Waals surface area contributed by atoms with Crippen LogP contribution in [0.1, 0.15) is 27.7 Å². The minimum Gasteiger partial charge on any atom is -0.480 e. The van der Waals surface area contributed by atoms with E-state index in [1.54, 1.807) is 20.8 Å². The first-order chi connectivity index (χ1) is 8.74. The molecule has 0 aromatic rings. The van der Waals surface area contributed by atoms with Crippen LogP contribution in [0.25, 0.3) is 0 Å². The van der Waals surface area contributed by atoms with E-state index < -0.39 is 39.5 Å². The standard InChI is InChI=1S/C12H23NO6S/c1-8(7-20(6,17)18)9(10(14)15)13(5)11(16)19-12(2,3)4/h8-9H,7H2,1-6H3,(H,14,15). The third kappa shape index (κ3) is 6.74. The molecule has 1 amide bonds. The Morgan fingerprint density at radius 2 is 1.75 bits per heavy atom. The summed E-state index contributed by atoms with van der Waals surface area (Å²) in [6.07, 6.45) is 0.223. The number of aliphatic carboxylic acids is 1. The van der Waals surface area contributed by atoms with Crippen molar-refractivity contribution in [2.45, 2.75) is 39.3 Å². The first-order valence-electron chi connectivity index (χ1n) is 6.11. The monoisotopic (exact) mass is 309 g/mol. The SMILES string of the molecule is CC(CS(C)(=O)=O)C(C(=O)O)N(C)C(=O)OC(C)(C)C. The van der Waals surface area contributed by atoms with Gasteiger partial charge in [-0.3, -0.25) is 4.90 Å². The van der Waals surface area contributed by atoms with E-state index in [9.17, 15) is 23.1 Å². The van der Waals surface area contributed by atoms with Crippen molar-refractivity contribution in [3.05, 3.63) is 0 Å². The molecule has 0 spiro atoms. The summed E-state index contributed by atoms with van der Waals surface area (Å²) < 4.78 is 27.6. The van der Waals surface area contributed by atoms with Crippen molar-refractivity contribution < 1.29 is 27.9 Å². The van der Waals surface area contributed by atoms with Gasteiger partial charge in [0.25, 0.3) is 0 Å². The molecule has 0 aliphatic carbocycles. The molecule has 8 heteroatoms. The van der Waals surface area contributed by atoms with Gasteiger partial charge in [0.2, 0.25) is 0 Å². The lowest BCUT2D eigenvalue weighted by molar-refractivity contribution is -0.144. The van der Waals surface area contributed by atoms with Gasteiger partial charge in [-0.05, 0) is 20.8 Å². The largest absolute Gasteiger partial charge is 0.480 e. The quantitative estimate of drug-likeness (QED) is 0.812. The fourth-order valence-corrected chi connectivity index (χ4v) is 2.94. The molecule has 0 bridgehead atoms. The van der Waals surface area contributed by atoms with Gasteiger partial charge < -0.3 is 9.84 Å². The van der Waals surface area contributed by atoms with Crippen LogP contribution in [0.3, 0.4) is 0 Å². The van der Waals surface area contributed by atoms with Crippen molar-refractivity contribution in [1.82, 2.24) is 4.90 Å². The smallest absolute Gasteiger partial charge is 0.410 e. The van der Waals surface area contributed by atoms with Crippen LogP contribution >= 0.6 is 0 Å². The van der Waals surface area contributed by atoms with Crippen LogP contribution in [0.4, 0.5) is 4.79 Å². The lowest BCUT2D eigenvalue weighted by Gasteiger charge is -2.31. The minimum atomic E-state index is -3.34. The van der Waals surface area contributed by atoms with Crippen LogP contribution < -0.4 is 0 Å². The number of carboxylic acids is 1. The normalized spacial score (nSPS) is 15.3. The molecule has 7 nitrogen and oxygen atoms in total. The van der Waals surface area contributed by atoms with Gasteiger partial charge >= 0.3 is 12.1 Å². The van der Waals surface area contributed by atoms with E-state index in [4.69, 9.17) is 4.74 Å². The zero-order valence-electron chi connectivity index (χ0n) is 12.7. The third-order valence-corrected chi connectivity index (χ3v) is 3.59. The van der Waals surface area contributed by atoms with Gasteiger partial charge in [-0.1, -0.05) is 6.92 Å². The molecule has 0 saturated carbocycles. The topological polar surface area (TPSA) is 101 Å². The third-order valence-electron chi connectivity index (χ3n) is 2.46. The lowest BCUT2D eigenvalue weighted by atomic mass is 10.0. The number of sulfone groups is 1. The predicted molar refractivity (Wildman–Crippen MR) is 74.3 cm³/mol. The van der Waals surface area contributed by atoms with Gasteiger partial charge in [-0.25, -0.2) is 18.0 Å². The van der Waals surface area contributed by atoms with E-state index in [1.165, 1.54) is 14.0 Å². The van der Waals surface area contributed by atoms with E-state index in [1.807, 2.05) is 0 Å². The van der Waals surface area contributed by atoms with E-state index >= 15 is 0 Å². The molecule has 0 rings (SSSR count). The molecule has 0 heterocycles. The Kier molecular flexibility index (Phi) is 6.01. The molecule has 118 valence electrons. The summed E-state index contributed by atoms with van der Waals surface area (Å²) in [5.74, 6) is -2.34. The Hall–Kier alpha value is -1.31. The van der Waals surface area contributed by atoms with Crippen molar-refractivity contribution in [2.24, 2.45) is 5.92 Å². The summed E-state index contributed by atoms with van der Waals surface area (Å²) in [4.78, 5) is 24.1. The van der Waals surface area contributed by atoms with E-state index in [0.717, 1.165) is 11.2 Å². The van der Waals surface area contributed by atoms with Gasteiger partial charge in [0.1, 0.15) is 21.5 Å². The number of carbonyl (C=O) groups is 2. The number of hydrogen-bond acceptors (Lipinski definition) is 5. The number of amides is 1. The summed E-state index contributed by atoms with van der Waals surface area (Å²) in [6.45, 7) is 6.46. The second-order valence-corrected chi connectivity index (χ2v) is 8.13. The van der Waals surface area contributed by atoms with E-state index in [0.29, 0.717) is 0 Å². The Bertz CT molecular complexity index is 465. The average Bonchev–Trinajstić information content (AvgIpc) is 2.10. The van der Waals surface area contributed by atoms with Crippen LogP contribution in [0.15, 0.2) is 0 Å². The van der Waals surface area contributed by atoms with Gasteiger partial charge in [-0.15, -0.1) is 0 Å². The molecule has 0 fully saturated rings. The first-order valence-corrected chi connectivity index (χ1v) is 8.17. The molecule has 0 aromatic carbocycles. The lowest BCUT2D eigenvalue weighted by Crippen LogP contribution is -2.49. The zero-order valence-corrected chi connectivity index (χ0v) is 13.5. The second-order valence-electron chi connectivity index (χ2n) is 5.94. The molecular formula is C12H23NO6S. The number of nitrogens with zero attached hydrogens (tertiary/aromatic N) is 1. The van der Waals surface area contributed by atoms with Crippen molar-refractivity contribution in [2.75, 3.05) is 19.1 Å². The Morgan fingerprint density at radius 3 is 2.05 bits per heavy atom. The second kappa shape index (κ2) is 6.43. The number of ether oxygens (including phenoxy) is 1. The molecular weight excluding hydrogens is 286 g/mol. The van der Waals surface area contributed by atoms with Gasteiger partial charge in [0, 0.05) is 19.2 Å². The summed E-state index contributed by atoms with van der Waals surface area (Å²) in [5, 5.41) is 9.21. The molecule has 20 heavy (non-hydrogen) atoms. The summed E-state index contributed by atoms with van der Waals surface area (Å²) in [5.41, 5.74) is -0.755. The summed E-state index contributed by atoms with van der Waals surface area (Å²) in [7, 11) is -2.05. The van der Waals surface area contributed by atoms with Crippen LogP contribution in [-0.4, -0.2) is 61.2 Å². The minimum absolute atomic E-state index is 0.322. The fraction of sp³-hybridized carbons (Fsp3) is 0.833. The molecule has 0 aromatic heterocycles. The van der Waals surface area contributed by atoms with E-state index in [-0.39, 0.29) is 5.75 Å². The number of carbonyl (C=O) groups excluding carboxylic acids is 1. The molecule has 0 saturated heterocycles. The highest BCUT2D eigenvalue weighted by Gasteiger charge is 2.35. The zero-order chi connectivity index (χ0) is 16.3. The molecule has 2 unspecified atom stereocenters. The van der Waals surface area contributed by atoms with Crippen molar-refractivity contribution in [3.63, 3.8) is 0 Å². The molecule has 0 radical (unpaired) electrons. The highest BCUT2D eigenvalue weighted by molar-refractivity contribution is 7.90. The summed E-state index contributed by atoms with van der Waals surface area (Å²) in [6, 6.07) is -1.26. The van der Waals surface area contributed by atoms with E-state index in [2.05, 4.69) is 0 Å². The molecule has 2 atom stereocenters. The maximum absolute atomic E-state index is 11.9. The highest BCUT2D eigenvalue weighted by atomic mass is 32.2. The maximum atomic E-state index is 11.9. The van der Waals surface area contributed by atoms with Crippen LogP contribution in [-0.2, 0) is 19.4 Å². The van der Waals surface area contributed by atoms with Crippen molar-refractivity contribution in [1.29, 1.82) is 0 Å². The molecule has 0 aliphatic heterocycles. The Labute approximate surface area is 119 Å². The average molecular weight is 309 g/mol. The van der Waals surface area contributed by atoms with Gasteiger partial charge in [0.05, 0.1) is 5.75 Å². The number of likely N-dealkylation sites (N-methyl/N-ethyl adjacent to an activating group) is 1. The number of carboxylic acid groups (broad SMARTS) is 1. The Balaban J connectivity index is 5.10. The first kappa shape index (κ1) is 18.7. The van der Waals surface area contributed by atoms with Gasteiger partial charge in [-0.2, -0.15) is 0 Å². The molecule has 1 N–H and O–H groups in total. The molecule has 0 aliphatic rings. The van der Waals surface area contributed by atoms with Crippen LogP contribution in [0.2, 0.25) is 0 Å².